The zero-order valence-electron chi connectivity index (χ0n) is 11.5. The standard InChI is InChI=1S/C12H21N5O2/c1-3-7-16-12(11(17(18)19)9(2)15-16)14-8-10-5-4-6-13-10/h10,13-14H,3-8H2,1-2H3. The van der Waals surface area contributed by atoms with Crippen molar-refractivity contribution >= 4 is 11.5 Å². The van der Waals surface area contributed by atoms with Crippen molar-refractivity contribution in [3.8, 4) is 0 Å². The van der Waals surface area contributed by atoms with E-state index in [2.05, 4.69) is 15.7 Å². The molecule has 7 nitrogen and oxygen atoms in total. The minimum absolute atomic E-state index is 0.103. The largest absolute Gasteiger partial charge is 0.363 e. The molecule has 1 saturated heterocycles. The van der Waals surface area contributed by atoms with Crippen molar-refractivity contribution < 1.29 is 4.92 Å². The number of nitrogens with one attached hydrogen (secondary N) is 2. The molecule has 0 saturated carbocycles. The van der Waals surface area contributed by atoms with Crippen LogP contribution in [0.5, 0.6) is 0 Å². The lowest BCUT2D eigenvalue weighted by Gasteiger charge is -2.13. The Labute approximate surface area is 112 Å². The Morgan fingerprint density at radius 2 is 2.42 bits per heavy atom. The summed E-state index contributed by atoms with van der Waals surface area (Å²) in [6.07, 6.45) is 3.18. The third kappa shape index (κ3) is 3.04. The fourth-order valence-corrected chi connectivity index (χ4v) is 2.49. The van der Waals surface area contributed by atoms with Crippen LogP contribution >= 0.6 is 0 Å². The lowest BCUT2D eigenvalue weighted by Crippen LogP contribution is -2.30. The van der Waals surface area contributed by atoms with Gasteiger partial charge in [0.1, 0.15) is 5.69 Å². The zero-order valence-corrected chi connectivity index (χ0v) is 11.5. The first-order valence-electron chi connectivity index (χ1n) is 6.82. The van der Waals surface area contributed by atoms with E-state index in [1.165, 1.54) is 6.42 Å². The summed E-state index contributed by atoms with van der Waals surface area (Å²) < 4.78 is 1.71. The molecule has 2 rings (SSSR count). The van der Waals surface area contributed by atoms with E-state index in [0.717, 1.165) is 19.4 Å². The van der Waals surface area contributed by atoms with Crippen molar-refractivity contribution in [3.63, 3.8) is 0 Å². The molecule has 1 unspecified atom stereocenters. The summed E-state index contributed by atoms with van der Waals surface area (Å²) in [4.78, 5) is 10.8. The summed E-state index contributed by atoms with van der Waals surface area (Å²) >= 11 is 0. The number of hydrogen-bond acceptors (Lipinski definition) is 5. The first kappa shape index (κ1) is 13.8. The average molecular weight is 267 g/mol. The lowest BCUT2D eigenvalue weighted by atomic mass is 10.2. The fourth-order valence-electron chi connectivity index (χ4n) is 2.49. The van der Waals surface area contributed by atoms with Gasteiger partial charge >= 0.3 is 5.69 Å². The third-order valence-electron chi connectivity index (χ3n) is 3.39. The van der Waals surface area contributed by atoms with E-state index in [1.807, 2.05) is 6.92 Å². The van der Waals surface area contributed by atoms with Gasteiger partial charge in [0.25, 0.3) is 0 Å². The van der Waals surface area contributed by atoms with Gasteiger partial charge in [0.05, 0.1) is 4.92 Å². The van der Waals surface area contributed by atoms with Crippen molar-refractivity contribution in [1.29, 1.82) is 0 Å². The first-order valence-corrected chi connectivity index (χ1v) is 6.82. The van der Waals surface area contributed by atoms with Crippen molar-refractivity contribution in [1.82, 2.24) is 15.1 Å². The molecule has 1 atom stereocenters. The predicted molar refractivity (Wildman–Crippen MR) is 73.4 cm³/mol. The quantitative estimate of drug-likeness (QED) is 0.605. The Morgan fingerprint density at radius 3 is 3.00 bits per heavy atom. The second kappa shape index (κ2) is 6.01. The zero-order chi connectivity index (χ0) is 13.8. The maximum atomic E-state index is 11.2. The number of aryl methyl sites for hydroxylation is 2. The van der Waals surface area contributed by atoms with Crippen molar-refractivity contribution in [2.24, 2.45) is 0 Å². The van der Waals surface area contributed by atoms with Gasteiger partial charge in [0.2, 0.25) is 5.82 Å². The van der Waals surface area contributed by atoms with Gasteiger partial charge in [-0.2, -0.15) is 5.10 Å². The van der Waals surface area contributed by atoms with Crippen LogP contribution < -0.4 is 10.6 Å². The summed E-state index contributed by atoms with van der Waals surface area (Å²) in [5.41, 5.74) is 0.576. The highest BCUT2D eigenvalue weighted by molar-refractivity contribution is 5.59. The van der Waals surface area contributed by atoms with E-state index in [9.17, 15) is 10.1 Å². The smallest absolute Gasteiger partial charge is 0.333 e. The van der Waals surface area contributed by atoms with Crippen LogP contribution in [-0.4, -0.2) is 33.8 Å². The molecule has 1 fully saturated rings. The molecular weight excluding hydrogens is 246 g/mol. The fraction of sp³-hybridized carbons (Fsp3) is 0.750. The molecule has 1 aliphatic heterocycles. The molecule has 0 spiro atoms. The molecule has 1 aromatic rings. The molecule has 1 aromatic heterocycles. The Bertz CT molecular complexity index is 451. The number of nitro groups is 1. The van der Waals surface area contributed by atoms with Gasteiger partial charge in [-0.15, -0.1) is 0 Å². The van der Waals surface area contributed by atoms with Gasteiger partial charge in [-0.05, 0) is 32.7 Å². The second-order valence-corrected chi connectivity index (χ2v) is 4.94. The van der Waals surface area contributed by atoms with Gasteiger partial charge in [-0.25, -0.2) is 4.68 Å². The number of anilines is 1. The number of rotatable bonds is 6. The van der Waals surface area contributed by atoms with Crippen molar-refractivity contribution in [2.45, 2.75) is 45.7 Å². The molecule has 0 bridgehead atoms. The maximum Gasteiger partial charge on any atom is 0.333 e. The highest BCUT2D eigenvalue weighted by atomic mass is 16.6. The number of hydrogen-bond donors (Lipinski definition) is 2. The van der Waals surface area contributed by atoms with Gasteiger partial charge in [-0.1, -0.05) is 6.92 Å². The SMILES string of the molecule is CCCn1nc(C)c([N+](=O)[O-])c1NCC1CCCN1. The summed E-state index contributed by atoms with van der Waals surface area (Å²) in [7, 11) is 0. The second-order valence-electron chi connectivity index (χ2n) is 4.94. The van der Waals surface area contributed by atoms with Crippen LogP contribution in [0.1, 0.15) is 31.9 Å². The van der Waals surface area contributed by atoms with E-state index in [4.69, 9.17) is 0 Å². The predicted octanol–water partition coefficient (Wildman–Crippen LogP) is 1.67. The van der Waals surface area contributed by atoms with Crippen LogP contribution in [0.15, 0.2) is 0 Å². The Morgan fingerprint density at radius 1 is 1.63 bits per heavy atom. The van der Waals surface area contributed by atoms with E-state index >= 15 is 0 Å². The van der Waals surface area contributed by atoms with Crippen LogP contribution in [-0.2, 0) is 6.54 Å². The lowest BCUT2D eigenvalue weighted by molar-refractivity contribution is -0.384. The summed E-state index contributed by atoms with van der Waals surface area (Å²) in [5.74, 6) is 0.540. The normalized spacial score (nSPS) is 18.7. The summed E-state index contributed by atoms with van der Waals surface area (Å²) in [6.45, 7) is 6.14. The van der Waals surface area contributed by atoms with Crippen LogP contribution in [0, 0.1) is 17.0 Å². The van der Waals surface area contributed by atoms with Crippen LogP contribution in [0.2, 0.25) is 0 Å². The third-order valence-corrected chi connectivity index (χ3v) is 3.39. The number of nitrogens with zero attached hydrogens (tertiary/aromatic N) is 3. The molecular formula is C12H21N5O2. The van der Waals surface area contributed by atoms with Gasteiger partial charge in [-0.3, -0.25) is 10.1 Å². The highest BCUT2D eigenvalue weighted by Gasteiger charge is 2.25. The van der Waals surface area contributed by atoms with Crippen LogP contribution in [0.25, 0.3) is 0 Å². The van der Waals surface area contributed by atoms with Crippen molar-refractivity contribution in [3.05, 3.63) is 15.8 Å². The van der Waals surface area contributed by atoms with E-state index < -0.39 is 0 Å². The monoisotopic (exact) mass is 267 g/mol. The molecule has 0 amide bonds. The van der Waals surface area contributed by atoms with Gasteiger partial charge < -0.3 is 10.6 Å². The first-order chi connectivity index (χ1) is 9.13. The minimum Gasteiger partial charge on any atom is -0.363 e. The molecule has 1 aliphatic rings. The Balaban J connectivity index is 2.16. The van der Waals surface area contributed by atoms with Gasteiger partial charge in [0.15, 0.2) is 0 Å². The van der Waals surface area contributed by atoms with Crippen molar-refractivity contribution in [2.75, 3.05) is 18.4 Å². The molecule has 2 heterocycles. The molecule has 106 valence electrons. The molecule has 0 aliphatic carbocycles. The van der Waals surface area contributed by atoms with E-state index in [1.54, 1.807) is 11.6 Å². The topological polar surface area (TPSA) is 85.0 Å². The van der Waals surface area contributed by atoms with Crippen LogP contribution in [0.4, 0.5) is 11.5 Å². The summed E-state index contributed by atoms with van der Waals surface area (Å²) in [6, 6.07) is 0.393. The van der Waals surface area contributed by atoms with E-state index in [-0.39, 0.29) is 10.6 Å². The Hall–Kier alpha value is -1.63. The molecule has 7 heteroatoms. The molecule has 2 N–H and O–H groups in total. The summed E-state index contributed by atoms with van der Waals surface area (Å²) in [5, 5.41) is 22.0. The highest BCUT2D eigenvalue weighted by Crippen LogP contribution is 2.28. The molecule has 19 heavy (non-hydrogen) atoms. The van der Waals surface area contributed by atoms with Crippen LogP contribution in [0.3, 0.4) is 0 Å². The van der Waals surface area contributed by atoms with Gasteiger partial charge in [0, 0.05) is 19.1 Å². The minimum atomic E-state index is -0.348. The van der Waals surface area contributed by atoms with E-state index in [0.29, 0.717) is 30.6 Å². The average Bonchev–Trinajstić information content (AvgIpc) is 2.95. The molecule has 0 radical (unpaired) electrons. The number of aromatic nitrogens is 2. The molecule has 0 aromatic carbocycles. The Kier molecular flexibility index (Phi) is 4.36. The maximum absolute atomic E-state index is 11.2.